The van der Waals surface area contributed by atoms with Crippen molar-refractivity contribution in [3.8, 4) is 5.75 Å². The number of hydrogen-bond donors (Lipinski definition) is 1. The van der Waals surface area contributed by atoms with Gasteiger partial charge in [0.2, 0.25) is 0 Å². The summed E-state index contributed by atoms with van der Waals surface area (Å²) in [6.45, 7) is 7.71. The third kappa shape index (κ3) is 4.67. The average Bonchev–Trinajstić information content (AvgIpc) is 2.94. The number of methoxy groups -OCH3 is 2. The first-order valence-corrected chi connectivity index (χ1v) is 10.4. The number of aromatic nitrogens is 1. The molecule has 1 amide bonds. The largest absolute Gasteiger partial charge is 0.497 e. The number of ether oxygens (including phenoxy) is 2. The summed E-state index contributed by atoms with van der Waals surface area (Å²) < 4.78 is 10.1. The van der Waals surface area contributed by atoms with Gasteiger partial charge in [0.15, 0.2) is 0 Å². The molecule has 0 aliphatic carbocycles. The third-order valence-corrected chi connectivity index (χ3v) is 5.73. The lowest BCUT2D eigenvalue weighted by Gasteiger charge is -2.22. The van der Waals surface area contributed by atoms with Gasteiger partial charge in [-0.3, -0.25) is 9.69 Å². The Morgan fingerprint density at radius 3 is 2.43 bits per heavy atom. The lowest BCUT2D eigenvalue weighted by molar-refractivity contribution is 0.0599. The minimum Gasteiger partial charge on any atom is -0.497 e. The van der Waals surface area contributed by atoms with Gasteiger partial charge in [0.05, 0.1) is 19.8 Å². The van der Waals surface area contributed by atoms with Gasteiger partial charge < -0.3 is 19.4 Å². The highest BCUT2D eigenvalue weighted by Crippen LogP contribution is 2.22. The van der Waals surface area contributed by atoms with Gasteiger partial charge in [0.1, 0.15) is 11.4 Å². The summed E-state index contributed by atoms with van der Waals surface area (Å²) in [5, 5.41) is 0. The van der Waals surface area contributed by atoms with Crippen LogP contribution in [0.2, 0.25) is 0 Å². The van der Waals surface area contributed by atoms with Crippen molar-refractivity contribution >= 4 is 11.9 Å². The van der Waals surface area contributed by atoms with Crippen molar-refractivity contribution in [3.63, 3.8) is 0 Å². The van der Waals surface area contributed by atoms with Gasteiger partial charge in [0.25, 0.3) is 5.91 Å². The van der Waals surface area contributed by atoms with Crippen LogP contribution in [0.15, 0.2) is 24.3 Å². The molecule has 0 radical (unpaired) electrons. The zero-order valence-electron chi connectivity index (χ0n) is 18.3. The molecule has 0 atom stereocenters. The van der Waals surface area contributed by atoms with Gasteiger partial charge in [-0.15, -0.1) is 0 Å². The zero-order valence-corrected chi connectivity index (χ0v) is 18.3. The molecule has 0 saturated carbocycles. The summed E-state index contributed by atoms with van der Waals surface area (Å²) in [7, 11) is 3.03. The predicted octanol–water partition coefficient (Wildman–Crippen LogP) is 3.03. The molecule has 162 valence electrons. The van der Waals surface area contributed by atoms with Gasteiger partial charge >= 0.3 is 5.97 Å². The van der Waals surface area contributed by atoms with Gasteiger partial charge in [-0.2, -0.15) is 0 Å². The summed E-state index contributed by atoms with van der Waals surface area (Å²) in [6.07, 6.45) is 1.54. The second kappa shape index (κ2) is 9.80. The number of aryl methyl sites for hydroxylation is 1. The van der Waals surface area contributed by atoms with Crippen molar-refractivity contribution < 1.29 is 19.1 Å². The molecule has 7 nitrogen and oxygen atoms in total. The van der Waals surface area contributed by atoms with Crippen LogP contribution < -0.4 is 4.74 Å². The second-order valence-corrected chi connectivity index (χ2v) is 7.59. The van der Waals surface area contributed by atoms with Crippen LogP contribution in [0.25, 0.3) is 0 Å². The Morgan fingerprint density at radius 2 is 1.80 bits per heavy atom. The molecule has 7 heteroatoms. The number of carbonyl (C=O) groups is 2. The van der Waals surface area contributed by atoms with Gasteiger partial charge in [-0.05, 0) is 43.0 Å². The lowest BCUT2D eigenvalue weighted by atomic mass is 10.1. The maximum absolute atomic E-state index is 13.2. The van der Waals surface area contributed by atoms with E-state index in [4.69, 9.17) is 9.47 Å². The molecular formula is C23H31N3O4. The van der Waals surface area contributed by atoms with E-state index < -0.39 is 5.97 Å². The highest BCUT2D eigenvalue weighted by Gasteiger charge is 2.27. The number of esters is 1. The number of H-pyrrole nitrogens is 1. The third-order valence-electron chi connectivity index (χ3n) is 5.73. The summed E-state index contributed by atoms with van der Waals surface area (Å²) >= 11 is 0. The van der Waals surface area contributed by atoms with E-state index in [1.54, 1.807) is 7.11 Å². The fraction of sp³-hybridized carbons (Fsp3) is 0.478. The van der Waals surface area contributed by atoms with Gasteiger partial charge in [0, 0.05) is 38.4 Å². The molecule has 1 aliphatic rings. The maximum Gasteiger partial charge on any atom is 0.339 e. The number of benzene rings is 1. The maximum atomic E-state index is 13.2. The monoisotopic (exact) mass is 413 g/mol. The molecule has 2 heterocycles. The van der Waals surface area contributed by atoms with Crippen LogP contribution in [0, 0.1) is 6.92 Å². The fourth-order valence-electron chi connectivity index (χ4n) is 4.00. The number of carbonyl (C=O) groups excluding carboxylic acids is 2. The Kier molecular flexibility index (Phi) is 7.15. The predicted molar refractivity (Wildman–Crippen MR) is 115 cm³/mol. The number of nitrogens with one attached hydrogen (secondary N) is 1. The summed E-state index contributed by atoms with van der Waals surface area (Å²) in [4.78, 5) is 32.8. The molecule has 1 aliphatic heterocycles. The molecular weight excluding hydrogens is 382 g/mol. The number of nitrogens with zero attached hydrogens (tertiary/aromatic N) is 2. The normalized spacial score (nSPS) is 15.0. The SMILES string of the molecule is CCc1[nH]c(C(=O)N2CCCN(Cc3ccc(OC)cc3)CC2)c(C)c1C(=O)OC. The number of aromatic amines is 1. The topological polar surface area (TPSA) is 74.9 Å². The molecule has 1 aromatic heterocycles. The molecule has 2 aromatic rings. The van der Waals surface area contributed by atoms with E-state index in [0.29, 0.717) is 36.3 Å². The van der Waals surface area contributed by atoms with Crippen molar-refractivity contribution in [2.24, 2.45) is 0 Å². The highest BCUT2D eigenvalue weighted by molar-refractivity contribution is 6.00. The van der Waals surface area contributed by atoms with Crippen LogP contribution in [0.3, 0.4) is 0 Å². The Morgan fingerprint density at radius 1 is 1.07 bits per heavy atom. The standard InChI is InChI=1S/C23H31N3O4/c1-5-19-20(23(28)30-4)16(2)21(24-19)22(27)26-12-6-11-25(13-14-26)15-17-7-9-18(29-3)10-8-17/h7-10,24H,5-6,11-15H2,1-4H3. The van der Waals surface area contributed by atoms with E-state index in [1.165, 1.54) is 12.7 Å². The lowest BCUT2D eigenvalue weighted by Crippen LogP contribution is -2.35. The number of amides is 1. The molecule has 0 bridgehead atoms. The Hall–Kier alpha value is -2.80. The van der Waals surface area contributed by atoms with Crippen LogP contribution in [-0.4, -0.2) is 67.1 Å². The van der Waals surface area contributed by atoms with Crippen LogP contribution in [0.1, 0.15) is 51.0 Å². The van der Waals surface area contributed by atoms with E-state index >= 15 is 0 Å². The first-order chi connectivity index (χ1) is 14.5. The van der Waals surface area contributed by atoms with Crippen LogP contribution in [0.5, 0.6) is 5.75 Å². The Balaban J connectivity index is 1.68. The van der Waals surface area contributed by atoms with Crippen molar-refractivity contribution in [2.45, 2.75) is 33.2 Å². The zero-order chi connectivity index (χ0) is 21.7. The van der Waals surface area contributed by atoms with Gasteiger partial charge in [-0.1, -0.05) is 19.1 Å². The van der Waals surface area contributed by atoms with E-state index in [9.17, 15) is 9.59 Å². The van der Waals surface area contributed by atoms with E-state index in [1.807, 2.05) is 30.9 Å². The number of rotatable bonds is 6. The van der Waals surface area contributed by atoms with Crippen molar-refractivity contribution in [1.29, 1.82) is 0 Å². The quantitative estimate of drug-likeness (QED) is 0.737. The van der Waals surface area contributed by atoms with E-state index in [2.05, 4.69) is 22.0 Å². The van der Waals surface area contributed by atoms with Crippen molar-refractivity contribution in [1.82, 2.24) is 14.8 Å². The van der Waals surface area contributed by atoms with E-state index in [-0.39, 0.29) is 5.91 Å². The first kappa shape index (κ1) is 21.9. The summed E-state index contributed by atoms with van der Waals surface area (Å²) in [5.74, 6) is 0.398. The van der Waals surface area contributed by atoms with Crippen molar-refractivity contribution in [2.75, 3.05) is 40.4 Å². The minimum absolute atomic E-state index is 0.0522. The Labute approximate surface area is 178 Å². The molecule has 1 saturated heterocycles. The molecule has 0 unspecified atom stereocenters. The first-order valence-electron chi connectivity index (χ1n) is 10.4. The number of hydrogen-bond acceptors (Lipinski definition) is 5. The summed E-state index contributed by atoms with van der Waals surface area (Å²) in [5.41, 5.74) is 3.63. The molecule has 1 N–H and O–H groups in total. The van der Waals surface area contributed by atoms with E-state index in [0.717, 1.165) is 37.5 Å². The Bertz CT molecular complexity index is 889. The van der Waals surface area contributed by atoms with Gasteiger partial charge in [-0.25, -0.2) is 4.79 Å². The van der Waals surface area contributed by atoms with Crippen LogP contribution in [0.4, 0.5) is 0 Å². The molecule has 30 heavy (non-hydrogen) atoms. The molecule has 3 rings (SSSR count). The molecule has 1 aromatic carbocycles. The fourth-order valence-corrected chi connectivity index (χ4v) is 4.00. The highest BCUT2D eigenvalue weighted by atomic mass is 16.5. The molecule has 0 spiro atoms. The van der Waals surface area contributed by atoms with Crippen molar-refractivity contribution in [3.05, 3.63) is 52.3 Å². The second-order valence-electron chi connectivity index (χ2n) is 7.59. The average molecular weight is 414 g/mol. The smallest absolute Gasteiger partial charge is 0.339 e. The minimum atomic E-state index is -0.402. The summed E-state index contributed by atoms with van der Waals surface area (Å²) in [6, 6.07) is 8.10. The van der Waals surface area contributed by atoms with Crippen LogP contribution >= 0.6 is 0 Å². The molecule has 1 fully saturated rings. The van der Waals surface area contributed by atoms with Crippen LogP contribution in [-0.2, 0) is 17.7 Å².